The molecular formula is C20H18FN3O4S. The van der Waals surface area contributed by atoms with E-state index in [1.165, 1.54) is 43.4 Å². The molecule has 9 heteroatoms. The molecule has 0 amide bonds. The molecule has 0 aliphatic heterocycles. The van der Waals surface area contributed by atoms with Gasteiger partial charge in [0.15, 0.2) is 5.69 Å². The Balaban J connectivity index is 1.76. The van der Waals surface area contributed by atoms with Crippen LogP contribution in [0.4, 0.5) is 10.1 Å². The third kappa shape index (κ3) is 3.73. The lowest BCUT2D eigenvalue weighted by Crippen LogP contribution is -2.16. The highest BCUT2D eigenvalue weighted by atomic mass is 32.2. The lowest BCUT2D eigenvalue weighted by atomic mass is 10.1. The van der Waals surface area contributed by atoms with Crippen LogP contribution in [0, 0.1) is 5.82 Å². The zero-order valence-corrected chi connectivity index (χ0v) is 16.3. The van der Waals surface area contributed by atoms with Gasteiger partial charge in [-0.3, -0.25) is 9.40 Å². The van der Waals surface area contributed by atoms with E-state index in [-0.39, 0.29) is 22.0 Å². The van der Waals surface area contributed by atoms with Gasteiger partial charge in [0.1, 0.15) is 17.2 Å². The zero-order valence-electron chi connectivity index (χ0n) is 15.5. The number of rotatable bonds is 6. The van der Waals surface area contributed by atoms with Crippen LogP contribution in [0.25, 0.3) is 11.3 Å². The van der Waals surface area contributed by atoms with Crippen molar-refractivity contribution in [3.05, 3.63) is 65.6 Å². The van der Waals surface area contributed by atoms with E-state index >= 15 is 0 Å². The first kappa shape index (κ1) is 19.1. The Morgan fingerprint density at radius 2 is 1.76 bits per heavy atom. The summed E-state index contributed by atoms with van der Waals surface area (Å²) in [5, 5.41) is 13.7. The number of carbonyl (C=O) groups is 1. The van der Waals surface area contributed by atoms with Gasteiger partial charge in [-0.2, -0.15) is 5.10 Å². The van der Waals surface area contributed by atoms with Crippen LogP contribution in [0.5, 0.6) is 0 Å². The summed E-state index contributed by atoms with van der Waals surface area (Å²) in [6.07, 6.45) is 2.20. The molecule has 0 unspecified atom stereocenters. The summed E-state index contributed by atoms with van der Waals surface area (Å²) in [6, 6.07) is 11.8. The molecule has 2 N–H and O–H groups in total. The maximum Gasteiger partial charge on any atom is 0.356 e. The number of aromatic nitrogens is 2. The second-order valence-electron chi connectivity index (χ2n) is 6.96. The van der Waals surface area contributed by atoms with Crippen LogP contribution in [0.1, 0.15) is 34.8 Å². The van der Waals surface area contributed by atoms with E-state index in [0.717, 1.165) is 23.1 Å². The third-order valence-corrected chi connectivity index (χ3v) is 6.21. The quantitative estimate of drug-likeness (QED) is 0.641. The molecular weight excluding hydrogens is 397 g/mol. The molecule has 2 aromatic carbocycles. The lowest BCUT2D eigenvalue weighted by Gasteiger charge is -2.10. The average molecular weight is 415 g/mol. The Hall–Kier alpha value is -3.20. The van der Waals surface area contributed by atoms with Crippen molar-refractivity contribution in [3.8, 4) is 11.3 Å². The normalized spacial score (nSPS) is 14.0. The monoisotopic (exact) mass is 415 g/mol. The summed E-state index contributed by atoms with van der Waals surface area (Å²) >= 11 is 0. The van der Waals surface area contributed by atoms with Gasteiger partial charge in [-0.1, -0.05) is 12.1 Å². The summed E-state index contributed by atoms with van der Waals surface area (Å²) in [7, 11) is -2.66. The first-order valence-electron chi connectivity index (χ1n) is 8.95. The molecule has 1 fully saturated rings. The molecule has 150 valence electrons. The number of halogens is 1. The van der Waals surface area contributed by atoms with Gasteiger partial charge in [0.2, 0.25) is 0 Å². The van der Waals surface area contributed by atoms with Crippen LogP contribution in [-0.4, -0.2) is 29.3 Å². The Morgan fingerprint density at radius 3 is 2.31 bits per heavy atom. The molecule has 0 bridgehead atoms. The van der Waals surface area contributed by atoms with Crippen LogP contribution in [0.2, 0.25) is 0 Å². The van der Waals surface area contributed by atoms with Crippen molar-refractivity contribution < 1.29 is 22.7 Å². The van der Waals surface area contributed by atoms with Gasteiger partial charge in [-0.05, 0) is 60.7 Å². The molecule has 3 aromatic rings. The van der Waals surface area contributed by atoms with Gasteiger partial charge in [0, 0.05) is 12.6 Å². The maximum absolute atomic E-state index is 13.3. The number of anilines is 1. The van der Waals surface area contributed by atoms with E-state index in [2.05, 4.69) is 9.82 Å². The number of nitrogens with zero attached hydrogens (tertiary/aromatic N) is 2. The molecule has 1 aromatic heterocycles. The van der Waals surface area contributed by atoms with Gasteiger partial charge in [0.05, 0.1) is 4.90 Å². The summed E-state index contributed by atoms with van der Waals surface area (Å²) in [5.74, 6) is -1.32. The van der Waals surface area contributed by atoms with E-state index < -0.39 is 21.8 Å². The average Bonchev–Trinajstić information content (AvgIpc) is 3.47. The maximum atomic E-state index is 13.3. The fourth-order valence-corrected chi connectivity index (χ4v) is 4.28. The summed E-state index contributed by atoms with van der Waals surface area (Å²) < 4.78 is 42.6. The summed E-state index contributed by atoms with van der Waals surface area (Å²) in [4.78, 5) is 11.8. The van der Waals surface area contributed by atoms with E-state index in [9.17, 15) is 22.7 Å². The number of benzene rings is 2. The summed E-state index contributed by atoms with van der Waals surface area (Å²) in [5.41, 5.74) is 1.09. The van der Waals surface area contributed by atoms with Crippen LogP contribution in [0.3, 0.4) is 0 Å². The molecule has 7 nitrogen and oxygen atoms in total. The zero-order chi connectivity index (χ0) is 20.8. The number of carboxylic acids is 1. The first-order valence-corrected chi connectivity index (χ1v) is 10.4. The number of nitrogens with one attached hydrogen (secondary N) is 1. The van der Waals surface area contributed by atoms with Crippen molar-refractivity contribution in [2.45, 2.75) is 23.7 Å². The van der Waals surface area contributed by atoms with E-state index in [4.69, 9.17) is 0 Å². The van der Waals surface area contributed by atoms with Crippen molar-refractivity contribution in [3.63, 3.8) is 0 Å². The molecule has 1 aliphatic rings. The van der Waals surface area contributed by atoms with E-state index in [1.807, 2.05) is 0 Å². The van der Waals surface area contributed by atoms with Crippen molar-refractivity contribution in [1.82, 2.24) is 9.78 Å². The third-order valence-electron chi connectivity index (χ3n) is 4.84. The second kappa shape index (κ2) is 7.00. The molecule has 0 radical (unpaired) electrons. The molecule has 0 atom stereocenters. The largest absolute Gasteiger partial charge is 0.476 e. The van der Waals surface area contributed by atoms with E-state index in [0.29, 0.717) is 11.5 Å². The standard InChI is InChI=1S/C20H18FN3O4S/c1-24-19(20(25)26)18(17(22-24)14-4-8-15(21)9-5-14)23-29(27,28)16-10-6-13(7-11-16)12-2-3-12/h4-12,23H,2-3H2,1H3,(H,25,26). The minimum absolute atomic E-state index is 0.0205. The van der Waals surface area contributed by atoms with Crippen molar-refractivity contribution >= 4 is 21.7 Å². The fraction of sp³-hybridized carbons (Fsp3) is 0.200. The van der Waals surface area contributed by atoms with Crippen LogP contribution >= 0.6 is 0 Å². The number of aryl methyl sites for hydroxylation is 1. The van der Waals surface area contributed by atoms with Gasteiger partial charge >= 0.3 is 5.97 Å². The highest BCUT2D eigenvalue weighted by Crippen LogP contribution is 2.40. The summed E-state index contributed by atoms with van der Waals surface area (Å²) in [6.45, 7) is 0. The highest BCUT2D eigenvalue weighted by Gasteiger charge is 2.28. The topological polar surface area (TPSA) is 101 Å². The highest BCUT2D eigenvalue weighted by molar-refractivity contribution is 7.92. The predicted octanol–water partition coefficient (Wildman–Crippen LogP) is 3.60. The smallest absolute Gasteiger partial charge is 0.356 e. The number of hydrogen-bond acceptors (Lipinski definition) is 4. The molecule has 0 spiro atoms. The molecule has 1 aliphatic carbocycles. The van der Waals surface area contributed by atoms with Crippen molar-refractivity contribution in [2.24, 2.45) is 7.05 Å². The molecule has 1 heterocycles. The van der Waals surface area contributed by atoms with Crippen LogP contribution in [-0.2, 0) is 17.1 Å². The molecule has 0 saturated heterocycles. The minimum atomic E-state index is -4.06. The Kier molecular flexibility index (Phi) is 4.62. The number of sulfonamides is 1. The van der Waals surface area contributed by atoms with Gasteiger partial charge < -0.3 is 5.11 Å². The molecule has 4 rings (SSSR count). The second-order valence-corrected chi connectivity index (χ2v) is 8.64. The van der Waals surface area contributed by atoms with Crippen LogP contribution in [0.15, 0.2) is 53.4 Å². The lowest BCUT2D eigenvalue weighted by molar-refractivity contribution is 0.0686. The number of hydrogen-bond donors (Lipinski definition) is 2. The van der Waals surface area contributed by atoms with Crippen molar-refractivity contribution in [2.75, 3.05) is 4.72 Å². The Morgan fingerprint density at radius 1 is 1.14 bits per heavy atom. The molecule has 29 heavy (non-hydrogen) atoms. The SMILES string of the molecule is Cn1nc(-c2ccc(F)cc2)c(NS(=O)(=O)c2ccc(C3CC3)cc2)c1C(=O)O. The molecule has 1 saturated carbocycles. The van der Waals surface area contributed by atoms with Crippen molar-refractivity contribution in [1.29, 1.82) is 0 Å². The van der Waals surface area contributed by atoms with Gasteiger partial charge in [0.25, 0.3) is 10.0 Å². The Bertz CT molecular complexity index is 1180. The predicted molar refractivity (Wildman–Crippen MR) is 105 cm³/mol. The van der Waals surface area contributed by atoms with Gasteiger partial charge in [-0.25, -0.2) is 17.6 Å². The van der Waals surface area contributed by atoms with E-state index in [1.54, 1.807) is 12.1 Å². The van der Waals surface area contributed by atoms with Crippen LogP contribution < -0.4 is 4.72 Å². The number of aromatic carboxylic acids is 1. The first-order chi connectivity index (χ1) is 13.8. The Labute approximate surface area is 166 Å². The number of carboxylic acid groups (broad SMARTS) is 1. The van der Waals surface area contributed by atoms with Gasteiger partial charge in [-0.15, -0.1) is 0 Å². The fourth-order valence-electron chi connectivity index (χ4n) is 3.20. The minimum Gasteiger partial charge on any atom is -0.476 e.